The predicted molar refractivity (Wildman–Crippen MR) is 71.4 cm³/mol. The van der Waals surface area contributed by atoms with Crippen LogP contribution in [0.1, 0.15) is 46.5 Å². The molecule has 1 fully saturated rings. The molecular formula is C13H25N3O2. The number of amides is 1. The van der Waals surface area contributed by atoms with Gasteiger partial charge in [0.05, 0.1) is 0 Å². The van der Waals surface area contributed by atoms with Crippen molar-refractivity contribution in [1.29, 1.82) is 0 Å². The molecule has 0 aromatic carbocycles. The molecule has 104 valence electrons. The number of rotatable bonds is 3. The molecule has 1 aliphatic rings. The minimum Gasteiger partial charge on any atom is -0.409 e. The predicted octanol–water partition coefficient (Wildman–Crippen LogP) is 1.80. The van der Waals surface area contributed by atoms with E-state index in [-0.39, 0.29) is 23.1 Å². The number of oxime groups is 1. The van der Waals surface area contributed by atoms with Gasteiger partial charge in [-0.3, -0.25) is 4.79 Å². The molecule has 1 rings (SSSR count). The molecule has 0 bridgehead atoms. The number of nitrogens with two attached hydrogens (primary N) is 1. The lowest BCUT2D eigenvalue weighted by Crippen LogP contribution is -2.44. The Morgan fingerprint density at radius 3 is 2.72 bits per heavy atom. The van der Waals surface area contributed by atoms with Gasteiger partial charge < -0.3 is 15.8 Å². The van der Waals surface area contributed by atoms with E-state index < -0.39 is 0 Å². The fraction of sp³-hybridized carbons (Fsp3) is 0.846. The first-order valence-electron chi connectivity index (χ1n) is 6.58. The van der Waals surface area contributed by atoms with Gasteiger partial charge in [-0.1, -0.05) is 25.9 Å². The van der Waals surface area contributed by atoms with Gasteiger partial charge in [0.15, 0.2) is 0 Å². The summed E-state index contributed by atoms with van der Waals surface area (Å²) >= 11 is 0. The zero-order valence-electron chi connectivity index (χ0n) is 11.6. The summed E-state index contributed by atoms with van der Waals surface area (Å²) in [5.41, 5.74) is 5.79. The van der Waals surface area contributed by atoms with E-state index in [0.717, 1.165) is 25.8 Å². The van der Waals surface area contributed by atoms with Crippen molar-refractivity contribution in [2.24, 2.45) is 22.2 Å². The second-order valence-corrected chi connectivity index (χ2v) is 6.26. The van der Waals surface area contributed by atoms with Crippen LogP contribution in [-0.2, 0) is 4.79 Å². The molecule has 18 heavy (non-hydrogen) atoms. The summed E-state index contributed by atoms with van der Waals surface area (Å²) in [5.74, 6) is 0.422. The third-order valence-corrected chi connectivity index (χ3v) is 3.40. The van der Waals surface area contributed by atoms with Crippen LogP contribution in [0.4, 0.5) is 0 Å². The molecule has 0 saturated carbocycles. The highest BCUT2D eigenvalue weighted by Crippen LogP contribution is 2.23. The molecule has 1 unspecified atom stereocenters. The summed E-state index contributed by atoms with van der Waals surface area (Å²) in [6.07, 6.45) is 3.27. The molecule has 0 aromatic heterocycles. The van der Waals surface area contributed by atoms with Crippen LogP contribution in [0.5, 0.6) is 0 Å². The second-order valence-electron chi connectivity index (χ2n) is 6.26. The SMILES string of the molecule is CC(C)(C)CCC(=O)N1CCCC(C(N)=NO)C1. The fourth-order valence-corrected chi connectivity index (χ4v) is 2.17. The topological polar surface area (TPSA) is 78.9 Å². The van der Waals surface area contributed by atoms with Gasteiger partial charge in [0.2, 0.25) is 5.91 Å². The van der Waals surface area contributed by atoms with Crippen LogP contribution < -0.4 is 5.73 Å². The Morgan fingerprint density at radius 2 is 2.17 bits per heavy atom. The van der Waals surface area contributed by atoms with Crippen LogP contribution in [0.3, 0.4) is 0 Å². The van der Waals surface area contributed by atoms with Crippen LogP contribution in [-0.4, -0.2) is 34.9 Å². The molecule has 0 spiro atoms. The van der Waals surface area contributed by atoms with Crippen molar-refractivity contribution in [3.05, 3.63) is 0 Å². The normalized spacial score (nSPS) is 22.1. The van der Waals surface area contributed by atoms with Crippen molar-refractivity contribution in [3.8, 4) is 0 Å². The molecule has 0 aliphatic carbocycles. The highest BCUT2D eigenvalue weighted by molar-refractivity contribution is 5.84. The molecule has 1 aliphatic heterocycles. The third kappa shape index (κ3) is 4.55. The third-order valence-electron chi connectivity index (χ3n) is 3.40. The van der Waals surface area contributed by atoms with Gasteiger partial charge in [0.1, 0.15) is 5.84 Å². The van der Waals surface area contributed by atoms with Gasteiger partial charge in [0, 0.05) is 25.4 Å². The summed E-state index contributed by atoms with van der Waals surface area (Å²) < 4.78 is 0. The van der Waals surface area contributed by atoms with E-state index in [1.54, 1.807) is 0 Å². The maximum Gasteiger partial charge on any atom is 0.222 e. The van der Waals surface area contributed by atoms with Gasteiger partial charge in [-0.2, -0.15) is 0 Å². The van der Waals surface area contributed by atoms with Gasteiger partial charge in [0.25, 0.3) is 0 Å². The summed E-state index contributed by atoms with van der Waals surface area (Å²) in [6, 6.07) is 0. The van der Waals surface area contributed by atoms with Gasteiger partial charge >= 0.3 is 0 Å². The summed E-state index contributed by atoms with van der Waals surface area (Å²) in [6.45, 7) is 7.78. The smallest absolute Gasteiger partial charge is 0.222 e. The molecule has 5 nitrogen and oxygen atoms in total. The van der Waals surface area contributed by atoms with Crippen molar-refractivity contribution in [3.63, 3.8) is 0 Å². The molecule has 3 N–H and O–H groups in total. The van der Waals surface area contributed by atoms with E-state index in [1.807, 2.05) is 4.90 Å². The quantitative estimate of drug-likeness (QED) is 0.349. The number of hydrogen-bond acceptors (Lipinski definition) is 3. The van der Waals surface area contributed by atoms with Crippen molar-refractivity contribution in [1.82, 2.24) is 4.90 Å². The Morgan fingerprint density at radius 1 is 1.50 bits per heavy atom. The highest BCUT2D eigenvalue weighted by Gasteiger charge is 2.26. The van der Waals surface area contributed by atoms with E-state index in [1.165, 1.54) is 0 Å². The first kappa shape index (κ1) is 14.8. The zero-order valence-corrected chi connectivity index (χ0v) is 11.6. The monoisotopic (exact) mass is 255 g/mol. The van der Waals surface area contributed by atoms with Gasteiger partial charge in [-0.25, -0.2) is 0 Å². The van der Waals surface area contributed by atoms with E-state index in [4.69, 9.17) is 10.9 Å². The average molecular weight is 255 g/mol. The Bertz CT molecular complexity index is 321. The molecule has 1 atom stereocenters. The fourth-order valence-electron chi connectivity index (χ4n) is 2.17. The lowest BCUT2D eigenvalue weighted by atomic mass is 9.90. The minimum atomic E-state index is 0.00216. The first-order valence-corrected chi connectivity index (χ1v) is 6.58. The number of carbonyl (C=O) groups excluding carboxylic acids is 1. The Kier molecular flexibility index (Phi) is 4.99. The van der Waals surface area contributed by atoms with E-state index in [0.29, 0.717) is 13.0 Å². The molecule has 1 heterocycles. The average Bonchev–Trinajstić information content (AvgIpc) is 2.34. The summed E-state index contributed by atoms with van der Waals surface area (Å²) in [5, 5.41) is 11.7. The summed E-state index contributed by atoms with van der Waals surface area (Å²) in [7, 11) is 0. The van der Waals surface area contributed by atoms with Crippen LogP contribution in [0.2, 0.25) is 0 Å². The zero-order chi connectivity index (χ0) is 13.8. The maximum absolute atomic E-state index is 12.1. The Hall–Kier alpha value is -1.26. The van der Waals surface area contributed by atoms with E-state index in [9.17, 15) is 4.79 Å². The highest BCUT2D eigenvalue weighted by atomic mass is 16.4. The molecular weight excluding hydrogens is 230 g/mol. The van der Waals surface area contributed by atoms with Gasteiger partial charge in [-0.15, -0.1) is 0 Å². The van der Waals surface area contributed by atoms with E-state index in [2.05, 4.69) is 25.9 Å². The number of piperidine rings is 1. The van der Waals surface area contributed by atoms with Crippen LogP contribution >= 0.6 is 0 Å². The Labute approximate surface area is 109 Å². The molecule has 1 amide bonds. The summed E-state index contributed by atoms with van der Waals surface area (Å²) in [4.78, 5) is 13.9. The number of likely N-dealkylation sites (tertiary alicyclic amines) is 1. The van der Waals surface area contributed by atoms with Crippen molar-refractivity contribution < 1.29 is 10.0 Å². The molecule has 5 heteroatoms. The lowest BCUT2D eigenvalue weighted by Gasteiger charge is -2.32. The van der Waals surface area contributed by atoms with Crippen molar-refractivity contribution in [2.75, 3.05) is 13.1 Å². The lowest BCUT2D eigenvalue weighted by molar-refractivity contribution is -0.133. The maximum atomic E-state index is 12.1. The minimum absolute atomic E-state index is 0.00216. The molecule has 0 aromatic rings. The number of amidine groups is 1. The number of carbonyl (C=O) groups is 1. The first-order chi connectivity index (χ1) is 8.33. The Balaban J connectivity index is 2.48. The standard InChI is InChI=1S/C13H25N3O2/c1-13(2,3)7-6-11(17)16-8-4-5-10(9-16)12(14)15-18/h10,18H,4-9H2,1-3H3,(H2,14,15). The van der Waals surface area contributed by atoms with Crippen LogP contribution in [0, 0.1) is 11.3 Å². The van der Waals surface area contributed by atoms with Crippen LogP contribution in [0.25, 0.3) is 0 Å². The van der Waals surface area contributed by atoms with E-state index >= 15 is 0 Å². The van der Waals surface area contributed by atoms with Crippen molar-refractivity contribution >= 4 is 11.7 Å². The number of nitrogens with zero attached hydrogens (tertiary/aromatic N) is 2. The molecule has 1 saturated heterocycles. The van der Waals surface area contributed by atoms with Crippen LogP contribution in [0.15, 0.2) is 5.16 Å². The number of hydrogen-bond donors (Lipinski definition) is 2. The second kappa shape index (κ2) is 6.07. The largest absolute Gasteiger partial charge is 0.409 e. The van der Waals surface area contributed by atoms with Gasteiger partial charge in [-0.05, 0) is 24.7 Å². The molecule has 0 radical (unpaired) electrons. The van der Waals surface area contributed by atoms with Crippen molar-refractivity contribution in [2.45, 2.75) is 46.5 Å².